The highest BCUT2D eigenvalue weighted by atomic mass is 16.7. The van der Waals surface area contributed by atoms with Crippen molar-refractivity contribution in [2.75, 3.05) is 19.8 Å². The Morgan fingerprint density at radius 2 is 1.77 bits per heavy atom. The van der Waals surface area contributed by atoms with Gasteiger partial charge in [-0.25, -0.2) is 0 Å². The fraction of sp³-hybridized carbons (Fsp3) is 0.686. The molecule has 48 heavy (non-hydrogen) atoms. The van der Waals surface area contributed by atoms with Gasteiger partial charge >= 0.3 is 0 Å². The Hall–Kier alpha value is -3.71. The number of likely N-dealkylation sites (tertiary alicyclic amines) is 1. The van der Waals surface area contributed by atoms with E-state index in [2.05, 4.69) is 21.4 Å². The monoisotopic (exact) mass is 669 g/mol. The van der Waals surface area contributed by atoms with Gasteiger partial charge in [0.2, 0.25) is 23.5 Å². The van der Waals surface area contributed by atoms with Gasteiger partial charge in [0, 0.05) is 38.5 Å². The number of nitrogens with zero attached hydrogens (tertiary/aromatic N) is 1. The first-order valence-electron chi connectivity index (χ1n) is 17.4. The number of carbonyl (C=O) groups is 5. The standard InChI is InChI=1S/C35H51N5O8/c1-6-8-24(29(42)32(44)36-22-9-10-22)37-31(43)26-19-35(18-25(39-48-35)27-12-11-23(7-2)47-27)20-40(26)33(45)30(34(3,4)5)38-28(41)17-21-13-15-46-16-14-21/h11-12,18,21-22,24,26,30,39H,6-10,13-17,19-20H2,1-5H3,(H,36,44)(H,37,43)(H,38,41)/t24-,26-,30+,35+/m0/s1. The third-order valence-corrected chi connectivity index (χ3v) is 9.57. The molecule has 1 aromatic rings. The Kier molecular flexibility index (Phi) is 11.0. The quantitative estimate of drug-likeness (QED) is 0.231. The molecular formula is C35H51N5O8. The molecule has 264 valence electrons. The molecule has 4 atom stereocenters. The molecule has 5 rings (SSSR count). The van der Waals surface area contributed by atoms with Crippen LogP contribution in [0.3, 0.4) is 0 Å². The topological polar surface area (TPSA) is 168 Å². The summed E-state index contributed by atoms with van der Waals surface area (Å²) >= 11 is 0. The van der Waals surface area contributed by atoms with E-state index < -0.39 is 52.6 Å². The number of Topliss-reactive ketones (excluding diaryl/α,β-unsaturated/α-hetero) is 1. The van der Waals surface area contributed by atoms with Crippen LogP contribution in [-0.2, 0) is 40.0 Å². The highest BCUT2D eigenvalue weighted by Crippen LogP contribution is 2.39. The van der Waals surface area contributed by atoms with Crippen LogP contribution in [0.5, 0.6) is 0 Å². The first-order valence-corrected chi connectivity index (χ1v) is 17.4. The van der Waals surface area contributed by atoms with E-state index in [0.29, 0.717) is 37.5 Å². The Bertz CT molecular complexity index is 1410. The fourth-order valence-electron chi connectivity index (χ4n) is 6.57. The fourth-order valence-corrected chi connectivity index (χ4v) is 6.57. The van der Waals surface area contributed by atoms with Gasteiger partial charge in [-0.05, 0) is 61.6 Å². The Morgan fingerprint density at radius 1 is 1.04 bits per heavy atom. The van der Waals surface area contributed by atoms with Crippen LogP contribution in [0.2, 0.25) is 0 Å². The van der Waals surface area contributed by atoms with Crippen LogP contribution < -0.4 is 21.4 Å². The molecule has 1 aliphatic carbocycles. The van der Waals surface area contributed by atoms with Crippen molar-refractivity contribution in [1.29, 1.82) is 0 Å². The number of amides is 4. The van der Waals surface area contributed by atoms with Gasteiger partial charge in [-0.15, -0.1) is 0 Å². The van der Waals surface area contributed by atoms with Gasteiger partial charge in [0.25, 0.3) is 5.91 Å². The number of ketones is 1. The van der Waals surface area contributed by atoms with Crippen molar-refractivity contribution < 1.29 is 38.0 Å². The molecule has 0 bridgehead atoms. The van der Waals surface area contributed by atoms with Gasteiger partial charge in [0.1, 0.15) is 29.1 Å². The SMILES string of the molecule is CCC[C@H](NC(=O)[C@@H]1C[C@]2(C=C(c3ccc(CC)o3)NO2)CN1C(=O)[C@@H](NC(=O)CC1CCOCC1)C(C)(C)C)C(=O)C(=O)NC1CC1. The Balaban J connectivity index is 1.40. The average Bonchev–Trinajstić information content (AvgIpc) is 3.42. The number of furan rings is 1. The number of ether oxygens (including phenoxy) is 1. The maximum absolute atomic E-state index is 14.5. The summed E-state index contributed by atoms with van der Waals surface area (Å²) in [7, 11) is 0. The number of hydroxylamine groups is 1. The smallest absolute Gasteiger partial charge is 0.289 e. The summed E-state index contributed by atoms with van der Waals surface area (Å²) in [6.07, 6.45) is 6.94. The van der Waals surface area contributed by atoms with Crippen molar-refractivity contribution in [2.45, 2.75) is 122 Å². The lowest BCUT2D eigenvalue weighted by Gasteiger charge is -2.36. The van der Waals surface area contributed by atoms with E-state index in [1.807, 2.05) is 52.8 Å². The molecule has 13 nitrogen and oxygen atoms in total. The number of rotatable bonds is 13. The van der Waals surface area contributed by atoms with Gasteiger partial charge in [-0.2, -0.15) is 0 Å². The minimum Gasteiger partial charge on any atom is -0.459 e. The van der Waals surface area contributed by atoms with Crippen molar-refractivity contribution in [1.82, 2.24) is 26.3 Å². The second kappa shape index (κ2) is 14.8. The minimum absolute atomic E-state index is 0.00575. The molecule has 4 aliphatic rings. The van der Waals surface area contributed by atoms with Gasteiger partial charge in [-0.3, -0.25) is 34.3 Å². The molecule has 0 unspecified atom stereocenters. The summed E-state index contributed by atoms with van der Waals surface area (Å²) in [6.45, 7) is 10.7. The lowest BCUT2D eigenvalue weighted by molar-refractivity contribution is -0.145. The molecule has 4 heterocycles. The van der Waals surface area contributed by atoms with Crippen molar-refractivity contribution in [3.63, 3.8) is 0 Å². The van der Waals surface area contributed by atoms with Crippen molar-refractivity contribution in [2.24, 2.45) is 11.3 Å². The molecule has 1 saturated carbocycles. The van der Waals surface area contributed by atoms with Crippen LogP contribution in [-0.4, -0.2) is 83.8 Å². The largest absolute Gasteiger partial charge is 0.459 e. The zero-order chi connectivity index (χ0) is 34.6. The van der Waals surface area contributed by atoms with Crippen molar-refractivity contribution in [3.05, 3.63) is 29.7 Å². The minimum atomic E-state index is -1.09. The highest BCUT2D eigenvalue weighted by Gasteiger charge is 2.54. The van der Waals surface area contributed by atoms with E-state index in [4.69, 9.17) is 14.0 Å². The molecule has 3 fully saturated rings. The number of hydrogen-bond donors (Lipinski definition) is 4. The van der Waals surface area contributed by atoms with E-state index in [0.717, 1.165) is 31.4 Å². The summed E-state index contributed by atoms with van der Waals surface area (Å²) in [5.74, 6) is -1.11. The second-order valence-corrected chi connectivity index (χ2v) is 14.7. The lowest BCUT2D eigenvalue weighted by Crippen LogP contribution is -2.59. The molecule has 1 spiro atoms. The van der Waals surface area contributed by atoms with Crippen LogP contribution in [0.25, 0.3) is 5.70 Å². The Labute approximate surface area is 282 Å². The van der Waals surface area contributed by atoms with Gasteiger partial charge in [0.05, 0.1) is 12.6 Å². The molecule has 0 aromatic carbocycles. The summed E-state index contributed by atoms with van der Waals surface area (Å²) in [5, 5.41) is 8.49. The molecule has 4 amide bonds. The van der Waals surface area contributed by atoms with Crippen molar-refractivity contribution >= 4 is 35.1 Å². The summed E-state index contributed by atoms with van der Waals surface area (Å²) in [6, 6.07) is 0.672. The second-order valence-electron chi connectivity index (χ2n) is 14.7. The third kappa shape index (κ3) is 8.46. The third-order valence-electron chi connectivity index (χ3n) is 9.57. The first kappa shape index (κ1) is 35.6. The zero-order valence-electron chi connectivity index (χ0n) is 28.8. The summed E-state index contributed by atoms with van der Waals surface area (Å²) in [4.78, 5) is 75.2. The van der Waals surface area contributed by atoms with Gasteiger partial charge in [-0.1, -0.05) is 41.0 Å². The maximum atomic E-state index is 14.5. The molecule has 0 radical (unpaired) electrons. The number of hydrogen-bond acceptors (Lipinski definition) is 9. The summed E-state index contributed by atoms with van der Waals surface area (Å²) in [5.41, 5.74) is 1.73. The van der Waals surface area contributed by atoms with Crippen LogP contribution in [0.15, 0.2) is 22.6 Å². The number of aryl methyl sites for hydroxylation is 1. The molecule has 2 saturated heterocycles. The van der Waals surface area contributed by atoms with Gasteiger partial charge < -0.3 is 30.0 Å². The molecule has 13 heteroatoms. The summed E-state index contributed by atoms with van der Waals surface area (Å²) < 4.78 is 11.3. The molecule has 1 aromatic heterocycles. The maximum Gasteiger partial charge on any atom is 0.289 e. The zero-order valence-corrected chi connectivity index (χ0v) is 28.8. The van der Waals surface area contributed by atoms with Crippen LogP contribution in [0.1, 0.15) is 97.5 Å². The first-order chi connectivity index (χ1) is 22.8. The normalized spacial score (nSPS) is 24.1. The van der Waals surface area contributed by atoms with Gasteiger partial charge in [0.15, 0.2) is 5.76 Å². The number of nitrogens with one attached hydrogen (secondary N) is 4. The van der Waals surface area contributed by atoms with E-state index in [-0.39, 0.29) is 43.7 Å². The van der Waals surface area contributed by atoms with Crippen LogP contribution in [0, 0.1) is 11.3 Å². The number of carbonyl (C=O) groups excluding carboxylic acids is 5. The molecule has 4 N–H and O–H groups in total. The average molecular weight is 670 g/mol. The highest BCUT2D eigenvalue weighted by molar-refractivity contribution is 6.38. The predicted molar refractivity (Wildman–Crippen MR) is 176 cm³/mol. The van der Waals surface area contributed by atoms with E-state index >= 15 is 0 Å². The van der Waals surface area contributed by atoms with Crippen LogP contribution in [0.4, 0.5) is 0 Å². The van der Waals surface area contributed by atoms with E-state index in [1.165, 1.54) is 4.90 Å². The van der Waals surface area contributed by atoms with E-state index in [1.54, 1.807) is 0 Å². The molecular weight excluding hydrogens is 618 g/mol. The van der Waals surface area contributed by atoms with E-state index in [9.17, 15) is 24.0 Å². The van der Waals surface area contributed by atoms with Crippen molar-refractivity contribution in [3.8, 4) is 0 Å². The van der Waals surface area contributed by atoms with Crippen LogP contribution >= 0.6 is 0 Å². The lowest BCUT2D eigenvalue weighted by atomic mass is 9.85. The predicted octanol–water partition coefficient (Wildman–Crippen LogP) is 2.54. The molecule has 3 aliphatic heterocycles. The Morgan fingerprint density at radius 3 is 2.40 bits per heavy atom.